The van der Waals surface area contributed by atoms with Crippen LogP contribution in [0.2, 0.25) is 0 Å². The van der Waals surface area contributed by atoms with Crippen LogP contribution in [0.25, 0.3) is 0 Å². The fourth-order valence-corrected chi connectivity index (χ4v) is 2.15. The van der Waals surface area contributed by atoms with E-state index in [1.54, 1.807) is 6.08 Å². The first-order chi connectivity index (χ1) is 8.13. The molecule has 0 aromatic carbocycles. The minimum Gasteiger partial charge on any atom is -0.377 e. The molecule has 98 valence electrons. The van der Waals surface area contributed by atoms with Crippen LogP contribution >= 0.6 is 0 Å². The van der Waals surface area contributed by atoms with E-state index < -0.39 is 0 Å². The van der Waals surface area contributed by atoms with E-state index in [0.717, 1.165) is 32.5 Å². The Morgan fingerprint density at radius 1 is 1.47 bits per heavy atom. The summed E-state index contributed by atoms with van der Waals surface area (Å²) in [7, 11) is 0. The van der Waals surface area contributed by atoms with Gasteiger partial charge in [0.15, 0.2) is 0 Å². The van der Waals surface area contributed by atoms with Crippen LogP contribution in [0.15, 0.2) is 12.7 Å². The lowest BCUT2D eigenvalue weighted by molar-refractivity contribution is -0.133. The topological polar surface area (TPSA) is 29.5 Å². The Hall–Kier alpha value is -0.830. The molecule has 0 aromatic heterocycles. The van der Waals surface area contributed by atoms with Crippen molar-refractivity contribution in [3.8, 4) is 0 Å². The summed E-state index contributed by atoms with van der Waals surface area (Å²) in [5.74, 6) is 1.37. The SMILES string of the molecule is C=CCOCC1CCN(C(=O)CC(C)C)CC1. The molecule has 0 radical (unpaired) electrons. The van der Waals surface area contributed by atoms with Crippen molar-refractivity contribution in [2.75, 3.05) is 26.3 Å². The summed E-state index contributed by atoms with van der Waals surface area (Å²) in [4.78, 5) is 13.9. The molecule has 1 aliphatic heterocycles. The Morgan fingerprint density at radius 3 is 2.65 bits per heavy atom. The summed E-state index contributed by atoms with van der Waals surface area (Å²) in [5, 5.41) is 0. The second kappa shape index (κ2) is 7.49. The van der Waals surface area contributed by atoms with E-state index in [9.17, 15) is 4.79 Å². The van der Waals surface area contributed by atoms with Crippen LogP contribution in [0, 0.1) is 11.8 Å². The zero-order chi connectivity index (χ0) is 12.7. The van der Waals surface area contributed by atoms with E-state index in [-0.39, 0.29) is 0 Å². The van der Waals surface area contributed by atoms with Crippen LogP contribution in [0.1, 0.15) is 33.1 Å². The van der Waals surface area contributed by atoms with Crippen LogP contribution in [0.5, 0.6) is 0 Å². The Bertz CT molecular complexity index is 243. The number of hydrogen-bond donors (Lipinski definition) is 0. The fourth-order valence-electron chi connectivity index (χ4n) is 2.15. The largest absolute Gasteiger partial charge is 0.377 e. The van der Waals surface area contributed by atoms with Gasteiger partial charge in [0.1, 0.15) is 0 Å². The number of carbonyl (C=O) groups is 1. The van der Waals surface area contributed by atoms with Gasteiger partial charge in [-0.1, -0.05) is 19.9 Å². The molecule has 17 heavy (non-hydrogen) atoms. The van der Waals surface area contributed by atoms with Crippen molar-refractivity contribution >= 4 is 5.91 Å². The van der Waals surface area contributed by atoms with Gasteiger partial charge >= 0.3 is 0 Å². The van der Waals surface area contributed by atoms with Crippen molar-refractivity contribution < 1.29 is 9.53 Å². The van der Waals surface area contributed by atoms with Crippen LogP contribution in [0.4, 0.5) is 0 Å². The maximum Gasteiger partial charge on any atom is 0.222 e. The summed E-state index contributed by atoms with van der Waals surface area (Å²) in [6.07, 6.45) is 4.60. The van der Waals surface area contributed by atoms with Gasteiger partial charge in [-0.25, -0.2) is 0 Å². The molecule has 0 atom stereocenters. The van der Waals surface area contributed by atoms with Gasteiger partial charge in [-0.15, -0.1) is 6.58 Å². The molecule has 0 N–H and O–H groups in total. The predicted octanol–water partition coefficient (Wildman–Crippen LogP) is 2.47. The molecule has 0 aliphatic carbocycles. The highest BCUT2D eigenvalue weighted by molar-refractivity contribution is 5.76. The van der Waals surface area contributed by atoms with Crippen LogP contribution in [0.3, 0.4) is 0 Å². The van der Waals surface area contributed by atoms with E-state index in [0.29, 0.717) is 30.8 Å². The number of hydrogen-bond acceptors (Lipinski definition) is 2. The van der Waals surface area contributed by atoms with Crippen LogP contribution in [-0.4, -0.2) is 37.1 Å². The third kappa shape index (κ3) is 5.35. The molecule has 1 amide bonds. The van der Waals surface area contributed by atoms with E-state index in [1.807, 2.05) is 4.90 Å². The first-order valence-corrected chi connectivity index (χ1v) is 6.60. The number of carbonyl (C=O) groups excluding carboxylic acids is 1. The van der Waals surface area contributed by atoms with Crippen molar-refractivity contribution in [1.82, 2.24) is 4.90 Å². The number of rotatable bonds is 6. The number of amides is 1. The third-order valence-corrected chi connectivity index (χ3v) is 3.14. The van der Waals surface area contributed by atoms with Gasteiger partial charge in [0.05, 0.1) is 6.61 Å². The molecule has 0 unspecified atom stereocenters. The normalized spacial score (nSPS) is 17.5. The van der Waals surface area contributed by atoms with E-state index >= 15 is 0 Å². The molecule has 0 saturated carbocycles. The quantitative estimate of drug-likeness (QED) is 0.526. The third-order valence-electron chi connectivity index (χ3n) is 3.14. The summed E-state index contributed by atoms with van der Waals surface area (Å²) in [6, 6.07) is 0. The fraction of sp³-hybridized carbons (Fsp3) is 0.786. The average molecular weight is 239 g/mol. The van der Waals surface area contributed by atoms with Gasteiger partial charge in [-0.2, -0.15) is 0 Å². The highest BCUT2D eigenvalue weighted by Gasteiger charge is 2.22. The highest BCUT2D eigenvalue weighted by Crippen LogP contribution is 2.19. The second-order valence-corrected chi connectivity index (χ2v) is 5.25. The molecule has 1 aliphatic rings. The smallest absolute Gasteiger partial charge is 0.222 e. The van der Waals surface area contributed by atoms with E-state index in [4.69, 9.17) is 4.74 Å². The minimum atomic E-state index is 0.311. The molecular weight excluding hydrogens is 214 g/mol. The molecule has 1 rings (SSSR count). The Labute approximate surface area is 105 Å². The monoisotopic (exact) mass is 239 g/mol. The maximum atomic E-state index is 11.9. The maximum absolute atomic E-state index is 11.9. The lowest BCUT2D eigenvalue weighted by Gasteiger charge is -2.32. The standard InChI is InChI=1S/C14H25NO2/c1-4-9-17-11-13-5-7-15(8-6-13)14(16)10-12(2)3/h4,12-13H,1,5-11H2,2-3H3. The van der Waals surface area contributed by atoms with Crippen molar-refractivity contribution in [2.45, 2.75) is 33.1 Å². The van der Waals surface area contributed by atoms with Crippen molar-refractivity contribution in [3.05, 3.63) is 12.7 Å². The van der Waals surface area contributed by atoms with Gasteiger partial charge in [0.2, 0.25) is 5.91 Å². The zero-order valence-electron chi connectivity index (χ0n) is 11.2. The summed E-state index contributed by atoms with van der Waals surface area (Å²) in [5.41, 5.74) is 0. The Morgan fingerprint density at radius 2 is 2.12 bits per heavy atom. The molecular formula is C14H25NO2. The molecule has 3 nitrogen and oxygen atoms in total. The molecule has 1 saturated heterocycles. The van der Waals surface area contributed by atoms with Crippen LogP contribution in [-0.2, 0) is 9.53 Å². The van der Waals surface area contributed by atoms with Crippen molar-refractivity contribution in [1.29, 1.82) is 0 Å². The molecule has 0 aromatic rings. The highest BCUT2D eigenvalue weighted by atomic mass is 16.5. The first-order valence-electron chi connectivity index (χ1n) is 6.60. The number of ether oxygens (including phenoxy) is 1. The van der Waals surface area contributed by atoms with E-state index in [2.05, 4.69) is 20.4 Å². The second-order valence-electron chi connectivity index (χ2n) is 5.25. The lowest BCUT2D eigenvalue weighted by Crippen LogP contribution is -2.39. The summed E-state index contributed by atoms with van der Waals surface area (Å²) < 4.78 is 5.46. The van der Waals surface area contributed by atoms with Gasteiger partial charge in [-0.3, -0.25) is 4.79 Å². The number of likely N-dealkylation sites (tertiary alicyclic amines) is 1. The van der Waals surface area contributed by atoms with Crippen LogP contribution < -0.4 is 0 Å². The summed E-state index contributed by atoms with van der Waals surface area (Å²) >= 11 is 0. The van der Waals surface area contributed by atoms with Gasteiger partial charge in [-0.05, 0) is 24.7 Å². The molecule has 0 bridgehead atoms. The van der Waals surface area contributed by atoms with Gasteiger partial charge in [0, 0.05) is 26.1 Å². The van der Waals surface area contributed by atoms with Gasteiger partial charge < -0.3 is 9.64 Å². The predicted molar refractivity (Wildman–Crippen MR) is 69.8 cm³/mol. The zero-order valence-corrected chi connectivity index (χ0v) is 11.2. The van der Waals surface area contributed by atoms with Crippen molar-refractivity contribution in [3.63, 3.8) is 0 Å². The molecule has 3 heteroatoms. The van der Waals surface area contributed by atoms with E-state index in [1.165, 1.54) is 0 Å². The molecule has 1 fully saturated rings. The summed E-state index contributed by atoms with van der Waals surface area (Å²) in [6.45, 7) is 11.0. The van der Waals surface area contributed by atoms with Crippen molar-refractivity contribution in [2.24, 2.45) is 11.8 Å². The number of nitrogens with zero attached hydrogens (tertiary/aromatic N) is 1. The Balaban J connectivity index is 2.21. The average Bonchev–Trinajstić information content (AvgIpc) is 2.29. The van der Waals surface area contributed by atoms with Gasteiger partial charge in [0.25, 0.3) is 0 Å². The minimum absolute atomic E-state index is 0.311. The lowest BCUT2D eigenvalue weighted by atomic mass is 9.97. The first kappa shape index (κ1) is 14.2. The molecule has 1 heterocycles. The molecule has 0 spiro atoms. The Kier molecular flexibility index (Phi) is 6.27. The number of piperidine rings is 1.